The number of amides is 1. The summed E-state index contributed by atoms with van der Waals surface area (Å²) in [6, 6.07) is 12.2. The monoisotopic (exact) mass is 289 g/mol. The molecule has 1 unspecified atom stereocenters. The van der Waals surface area contributed by atoms with Crippen molar-refractivity contribution in [3.63, 3.8) is 0 Å². The lowest BCUT2D eigenvalue weighted by Crippen LogP contribution is -2.47. The van der Waals surface area contributed by atoms with E-state index >= 15 is 4.39 Å². The molecule has 0 fully saturated rings. The van der Waals surface area contributed by atoms with Gasteiger partial charge in [0.15, 0.2) is 0 Å². The van der Waals surface area contributed by atoms with E-state index in [-0.39, 0.29) is 21.8 Å². The SMILES string of the molecule is O=C1Nc2c(Cl)cccc2C(=O)C1(F)c1ccccc1. The molecule has 3 rings (SSSR count). The van der Waals surface area contributed by atoms with Crippen LogP contribution >= 0.6 is 11.6 Å². The lowest BCUT2D eigenvalue weighted by Gasteiger charge is -2.29. The average Bonchev–Trinajstić information content (AvgIpc) is 2.47. The van der Waals surface area contributed by atoms with Gasteiger partial charge in [-0.05, 0) is 12.1 Å². The number of anilines is 1. The van der Waals surface area contributed by atoms with Crippen molar-refractivity contribution in [1.29, 1.82) is 0 Å². The number of fused-ring (bicyclic) bond motifs is 1. The molecular formula is C15H9ClFNO2. The Bertz CT molecular complexity index is 717. The first-order valence-corrected chi connectivity index (χ1v) is 6.32. The lowest BCUT2D eigenvalue weighted by atomic mass is 9.83. The summed E-state index contributed by atoms with van der Waals surface area (Å²) in [7, 11) is 0. The van der Waals surface area contributed by atoms with Gasteiger partial charge in [0.1, 0.15) is 0 Å². The van der Waals surface area contributed by atoms with E-state index in [9.17, 15) is 9.59 Å². The number of rotatable bonds is 1. The van der Waals surface area contributed by atoms with Crippen molar-refractivity contribution in [1.82, 2.24) is 0 Å². The van der Waals surface area contributed by atoms with Gasteiger partial charge in [0.05, 0.1) is 10.7 Å². The van der Waals surface area contributed by atoms with Gasteiger partial charge in [0, 0.05) is 11.1 Å². The van der Waals surface area contributed by atoms with E-state index in [0.29, 0.717) is 0 Å². The zero-order chi connectivity index (χ0) is 14.3. The minimum absolute atomic E-state index is 0.00752. The Morgan fingerprint density at radius 2 is 1.70 bits per heavy atom. The third kappa shape index (κ3) is 1.65. The summed E-state index contributed by atoms with van der Waals surface area (Å²) in [6.45, 7) is 0. The zero-order valence-electron chi connectivity index (χ0n) is 10.2. The summed E-state index contributed by atoms with van der Waals surface area (Å²) >= 11 is 5.92. The van der Waals surface area contributed by atoms with Crippen LogP contribution in [0.15, 0.2) is 48.5 Å². The Morgan fingerprint density at radius 1 is 1.00 bits per heavy atom. The number of para-hydroxylation sites is 1. The number of ketones is 1. The van der Waals surface area contributed by atoms with Crippen LogP contribution in [0, 0.1) is 0 Å². The van der Waals surface area contributed by atoms with Gasteiger partial charge in [-0.25, -0.2) is 4.39 Å². The highest BCUT2D eigenvalue weighted by molar-refractivity contribution is 6.37. The van der Waals surface area contributed by atoms with E-state index in [4.69, 9.17) is 11.6 Å². The van der Waals surface area contributed by atoms with E-state index in [0.717, 1.165) is 0 Å². The second-order valence-electron chi connectivity index (χ2n) is 4.47. The molecule has 2 aromatic carbocycles. The van der Waals surface area contributed by atoms with Gasteiger partial charge in [0.2, 0.25) is 5.78 Å². The first-order valence-electron chi connectivity index (χ1n) is 5.94. The second-order valence-corrected chi connectivity index (χ2v) is 4.88. The van der Waals surface area contributed by atoms with Gasteiger partial charge in [0.25, 0.3) is 11.6 Å². The maximum absolute atomic E-state index is 15.1. The summed E-state index contributed by atoms with van der Waals surface area (Å²) in [6.07, 6.45) is 0. The van der Waals surface area contributed by atoms with Gasteiger partial charge in [-0.15, -0.1) is 0 Å². The van der Waals surface area contributed by atoms with E-state index in [1.807, 2.05) is 0 Å². The summed E-state index contributed by atoms with van der Waals surface area (Å²) in [5.74, 6) is -1.92. The Labute approximate surface area is 119 Å². The maximum Gasteiger partial charge on any atom is 0.275 e. The van der Waals surface area contributed by atoms with Crippen molar-refractivity contribution < 1.29 is 14.0 Å². The molecule has 0 radical (unpaired) electrons. The van der Waals surface area contributed by atoms with Crippen LogP contribution in [0.3, 0.4) is 0 Å². The fourth-order valence-electron chi connectivity index (χ4n) is 2.26. The van der Waals surface area contributed by atoms with E-state index in [1.54, 1.807) is 24.3 Å². The summed E-state index contributed by atoms with van der Waals surface area (Å²) in [5.41, 5.74) is -2.48. The predicted molar refractivity (Wildman–Crippen MR) is 73.6 cm³/mol. The summed E-state index contributed by atoms with van der Waals surface area (Å²) < 4.78 is 15.1. The van der Waals surface area contributed by atoms with Gasteiger partial charge >= 0.3 is 0 Å². The minimum atomic E-state index is -2.72. The first-order chi connectivity index (χ1) is 9.55. The Hall–Kier alpha value is -2.20. The number of nitrogens with one attached hydrogen (secondary N) is 1. The number of halogens is 2. The molecule has 0 saturated heterocycles. The molecule has 0 saturated carbocycles. The first kappa shape index (κ1) is 12.8. The molecule has 1 heterocycles. The van der Waals surface area contributed by atoms with Gasteiger partial charge in [-0.2, -0.15) is 0 Å². The number of Topliss-reactive ketones (excluding diaryl/α,β-unsaturated/α-hetero) is 1. The number of carbonyl (C=O) groups is 2. The Morgan fingerprint density at radius 3 is 2.40 bits per heavy atom. The topological polar surface area (TPSA) is 46.2 Å². The van der Waals surface area contributed by atoms with Crippen LogP contribution in [0.4, 0.5) is 10.1 Å². The largest absolute Gasteiger partial charge is 0.321 e. The Kier molecular flexibility index (Phi) is 2.83. The van der Waals surface area contributed by atoms with Crippen LogP contribution in [0.5, 0.6) is 0 Å². The Balaban J connectivity index is 2.21. The van der Waals surface area contributed by atoms with Crippen molar-refractivity contribution in [3.8, 4) is 0 Å². The minimum Gasteiger partial charge on any atom is -0.321 e. The van der Waals surface area contributed by atoms with Gasteiger partial charge in [-0.1, -0.05) is 48.0 Å². The molecule has 3 nitrogen and oxygen atoms in total. The number of alkyl halides is 1. The highest BCUT2D eigenvalue weighted by Gasteiger charge is 2.52. The molecule has 5 heteroatoms. The fraction of sp³-hybridized carbons (Fsp3) is 0.0667. The number of hydrogen-bond acceptors (Lipinski definition) is 2. The molecule has 2 aromatic rings. The smallest absolute Gasteiger partial charge is 0.275 e. The molecule has 1 aliphatic heterocycles. The number of benzene rings is 2. The normalized spacial score (nSPS) is 21.3. The molecule has 1 aliphatic rings. The molecule has 0 aromatic heterocycles. The zero-order valence-corrected chi connectivity index (χ0v) is 10.9. The average molecular weight is 290 g/mol. The van der Waals surface area contributed by atoms with Crippen LogP contribution in [-0.4, -0.2) is 11.7 Å². The maximum atomic E-state index is 15.1. The molecule has 0 aliphatic carbocycles. The van der Waals surface area contributed by atoms with Crippen LogP contribution in [0.2, 0.25) is 5.02 Å². The van der Waals surface area contributed by atoms with Gasteiger partial charge < -0.3 is 5.32 Å². The third-order valence-electron chi connectivity index (χ3n) is 3.29. The summed E-state index contributed by atoms with van der Waals surface area (Å²) in [5, 5.41) is 2.59. The van der Waals surface area contributed by atoms with Crippen molar-refractivity contribution in [2.75, 3.05) is 5.32 Å². The van der Waals surface area contributed by atoms with Crippen LogP contribution in [0.25, 0.3) is 0 Å². The van der Waals surface area contributed by atoms with Crippen molar-refractivity contribution in [2.45, 2.75) is 5.67 Å². The fourth-order valence-corrected chi connectivity index (χ4v) is 2.48. The number of carbonyl (C=O) groups excluding carboxylic acids is 2. The molecule has 1 N–H and O–H groups in total. The van der Waals surface area contributed by atoms with Crippen molar-refractivity contribution >= 4 is 29.0 Å². The van der Waals surface area contributed by atoms with Crippen LogP contribution < -0.4 is 5.32 Å². The lowest BCUT2D eigenvalue weighted by molar-refractivity contribution is -0.125. The standard InChI is InChI=1S/C15H9ClFNO2/c16-11-8-4-7-10-12(11)18-14(20)15(17,13(10)19)9-5-2-1-3-6-9/h1-8H,(H,18,20). The molecule has 0 bridgehead atoms. The highest BCUT2D eigenvalue weighted by atomic mass is 35.5. The molecular weight excluding hydrogens is 281 g/mol. The van der Waals surface area contributed by atoms with E-state index < -0.39 is 17.4 Å². The van der Waals surface area contributed by atoms with Crippen LogP contribution in [-0.2, 0) is 10.5 Å². The molecule has 100 valence electrons. The quantitative estimate of drug-likeness (QED) is 0.819. The molecule has 20 heavy (non-hydrogen) atoms. The summed E-state index contributed by atoms with van der Waals surface area (Å²) in [4.78, 5) is 24.5. The van der Waals surface area contributed by atoms with Crippen molar-refractivity contribution in [3.05, 3.63) is 64.7 Å². The number of hydrogen-bond donors (Lipinski definition) is 1. The molecule has 1 amide bonds. The van der Waals surface area contributed by atoms with Gasteiger partial charge in [-0.3, -0.25) is 9.59 Å². The third-order valence-corrected chi connectivity index (χ3v) is 3.61. The van der Waals surface area contributed by atoms with Crippen molar-refractivity contribution in [2.24, 2.45) is 0 Å². The van der Waals surface area contributed by atoms with Crippen LogP contribution in [0.1, 0.15) is 15.9 Å². The molecule has 1 atom stereocenters. The highest BCUT2D eigenvalue weighted by Crippen LogP contribution is 2.40. The predicted octanol–water partition coefficient (Wildman–Crippen LogP) is 3.34. The second kappa shape index (κ2) is 4.42. The van der Waals surface area contributed by atoms with E-state index in [2.05, 4.69) is 5.32 Å². The molecule has 0 spiro atoms. The van der Waals surface area contributed by atoms with E-state index in [1.165, 1.54) is 24.3 Å².